The van der Waals surface area contributed by atoms with Gasteiger partial charge in [0.05, 0.1) is 5.41 Å². The van der Waals surface area contributed by atoms with Gasteiger partial charge in [-0.05, 0) is 42.7 Å². The second-order valence-electron chi connectivity index (χ2n) is 4.68. The van der Waals surface area contributed by atoms with Crippen molar-refractivity contribution in [3.05, 3.63) is 64.9 Å². The van der Waals surface area contributed by atoms with Gasteiger partial charge in [0.2, 0.25) is 0 Å². The molecule has 98 valence electrons. The van der Waals surface area contributed by atoms with Crippen LogP contribution in [0.15, 0.2) is 48.8 Å². The molecule has 4 heteroatoms. The van der Waals surface area contributed by atoms with E-state index < -0.39 is 11.4 Å². The Morgan fingerprint density at radius 1 is 1.32 bits per heavy atom. The number of carboxylic acids is 1. The fourth-order valence-corrected chi connectivity index (χ4v) is 2.16. The molecule has 0 spiro atoms. The van der Waals surface area contributed by atoms with Gasteiger partial charge in [-0.15, -0.1) is 0 Å². The normalized spacial score (nSPS) is 13.8. The number of nitrogens with zero attached hydrogens (tertiary/aromatic N) is 1. The molecule has 0 saturated heterocycles. The minimum absolute atomic E-state index is 0.387. The largest absolute Gasteiger partial charge is 0.481 e. The predicted octanol–water partition coefficient (Wildman–Crippen LogP) is 3.32. The summed E-state index contributed by atoms with van der Waals surface area (Å²) in [6.45, 7) is 1.71. The highest BCUT2D eigenvalue weighted by Crippen LogP contribution is 2.29. The maximum Gasteiger partial charge on any atom is 0.314 e. The first kappa shape index (κ1) is 13.6. The zero-order valence-corrected chi connectivity index (χ0v) is 11.3. The molecule has 19 heavy (non-hydrogen) atoms. The SMILES string of the molecule is CC(Cc1cccnc1)(C(=O)O)c1ccc(Cl)cc1. The van der Waals surface area contributed by atoms with Crippen LogP contribution in [0.3, 0.4) is 0 Å². The van der Waals surface area contributed by atoms with E-state index in [2.05, 4.69) is 4.98 Å². The number of rotatable bonds is 4. The molecule has 2 aromatic rings. The highest BCUT2D eigenvalue weighted by atomic mass is 35.5. The predicted molar refractivity (Wildman–Crippen MR) is 74.4 cm³/mol. The Morgan fingerprint density at radius 2 is 2.00 bits per heavy atom. The Balaban J connectivity index is 2.38. The van der Waals surface area contributed by atoms with Crippen LogP contribution in [0.4, 0.5) is 0 Å². The van der Waals surface area contributed by atoms with Crippen LogP contribution in [0, 0.1) is 0 Å². The lowest BCUT2D eigenvalue weighted by atomic mass is 9.77. The lowest BCUT2D eigenvalue weighted by Gasteiger charge is -2.25. The highest BCUT2D eigenvalue weighted by Gasteiger charge is 2.35. The topological polar surface area (TPSA) is 50.2 Å². The van der Waals surface area contributed by atoms with Gasteiger partial charge in [-0.2, -0.15) is 0 Å². The van der Waals surface area contributed by atoms with E-state index in [1.165, 1.54) is 0 Å². The van der Waals surface area contributed by atoms with Crippen molar-refractivity contribution in [2.24, 2.45) is 0 Å². The molecule has 0 aliphatic heterocycles. The fraction of sp³-hybridized carbons (Fsp3) is 0.200. The van der Waals surface area contributed by atoms with Gasteiger partial charge in [-0.25, -0.2) is 0 Å². The van der Waals surface area contributed by atoms with Gasteiger partial charge < -0.3 is 5.11 Å². The second kappa shape index (κ2) is 5.41. The molecule has 0 fully saturated rings. The molecule has 1 N–H and O–H groups in total. The van der Waals surface area contributed by atoms with Crippen molar-refractivity contribution in [3.63, 3.8) is 0 Å². The van der Waals surface area contributed by atoms with Crippen molar-refractivity contribution < 1.29 is 9.90 Å². The highest BCUT2D eigenvalue weighted by molar-refractivity contribution is 6.30. The van der Waals surface area contributed by atoms with E-state index in [9.17, 15) is 9.90 Å². The molecule has 1 unspecified atom stereocenters. The molecule has 1 aromatic carbocycles. The summed E-state index contributed by atoms with van der Waals surface area (Å²) in [5.41, 5.74) is 0.628. The molecule has 0 aliphatic carbocycles. The van der Waals surface area contributed by atoms with Crippen LogP contribution in [0.2, 0.25) is 5.02 Å². The summed E-state index contributed by atoms with van der Waals surface area (Å²) in [7, 11) is 0. The second-order valence-corrected chi connectivity index (χ2v) is 5.12. The number of aliphatic carboxylic acids is 1. The number of benzene rings is 1. The third-order valence-electron chi connectivity index (χ3n) is 3.23. The Bertz CT molecular complexity index is 568. The Kier molecular flexibility index (Phi) is 3.86. The Labute approximate surface area is 116 Å². The molecule has 3 nitrogen and oxygen atoms in total. The lowest BCUT2D eigenvalue weighted by molar-refractivity contribution is -0.143. The number of pyridine rings is 1. The van der Waals surface area contributed by atoms with Gasteiger partial charge in [0.25, 0.3) is 0 Å². The molecule has 2 rings (SSSR count). The molecule has 0 bridgehead atoms. The van der Waals surface area contributed by atoms with Crippen LogP contribution < -0.4 is 0 Å². The van der Waals surface area contributed by atoms with Gasteiger partial charge in [0, 0.05) is 17.4 Å². The van der Waals surface area contributed by atoms with E-state index >= 15 is 0 Å². The van der Waals surface area contributed by atoms with Crippen LogP contribution >= 0.6 is 11.6 Å². The van der Waals surface area contributed by atoms with Gasteiger partial charge in [-0.3, -0.25) is 9.78 Å². The van der Waals surface area contributed by atoms with E-state index in [1.54, 1.807) is 49.6 Å². The zero-order valence-electron chi connectivity index (χ0n) is 10.5. The summed E-state index contributed by atoms with van der Waals surface area (Å²) in [6, 6.07) is 10.6. The molecule has 1 heterocycles. The van der Waals surface area contributed by atoms with Crippen molar-refractivity contribution >= 4 is 17.6 Å². The smallest absolute Gasteiger partial charge is 0.314 e. The van der Waals surface area contributed by atoms with Gasteiger partial charge in [-0.1, -0.05) is 29.8 Å². The number of hydrogen-bond acceptors (Lipinski definition) is 2. The summed E-state index contributed by atoms with van der Waals surface area (Å²) < 4.78 is 0. The van der Waals surface area contributed by atoms with E-state index in [4.69, 9.17) is 11.6 Å². The monoisotopic (exact) mass is 275 g/mol. The minimum Gasteiger partial charge on any atom is -0.481 e. The average molecular weight is 276 g/mol. The summed E-state index contributed by atoms with van der Waals surface area (Å²) >= 11 is 5.84. The number of aromatic nitrogens is 1. The number of carboxylic acid groups (broad SMARTS) is 1. The van der Waals surface area contributed by atoms with Gasteiger partial charge in [0.1, 0.15) is 0 Å². The number of halogens is 1. The maximum absolute atomic E-state index is 11.7. The van der Waals surface area contributed by atoms with Gasteiger partial charge >= 0.3 is 5.97 Å². The van der Waals surface area contributed by atoms with Crippen molar-refractivity contribution in [2.75, 3.05) is 0 Å². The third kappa shape index (κ3) is 2.93. The molecular weight excluding hydrogens is 262 g/mol. The molecule has 1 atom stereocenters. The molecule has 0 saturated carbocycles. The molecule has 0 aliphatic rings. The first-order valence-electron chi connectivity index (χ1n) is 5.91. The quantitative estimate of drug-likeness (QED) is 0.931. The third-order valence-corrected chi connectivity index (χ3v) is 3.49. The van der Waals surface area contributed by atoms with Crippen molar-refractivity contribution in [2.45, 2.75) is 18.8 Å². The Hall–Kier alpha value is -1.87. The summed E-state index contributed by atoms with van der Waals surface area (Å²) in [4.78, 5) is 15.7. The van der Waals surface area contributed by atoms with Crippen LogP contribution in [0.25, 0.3) is 0 Å². The molecule has 0 radical (unpaired) electrons. The van der Waals surface area contributed by atoms with Crippen molar-refractivity contribution in [1.82, 2.24) is 4.98 Å². The first-order valence-corrected chi connectivity index (χ1v) is 6.28. The number of hydrogen-bond donors (Lipinski definition) is 1. The Morgan fingerprint density at radius 3 is 2.53 bits per heavy atom. The van der Waals surface area contributed by atoms with Crippen LogP contribution in [-0.2, 0) is 16.6 Å². The maximum atomic E-state index is 11.7. The van der Waals surface area contributed by atoms with Crippen LogP contribution in [0.1, 0.15) is 18.1 Å². The van der Waals surface area contributed by atoms with E-state index in [-0.39, 0.29) is 0 Å². The fourth-order valence-electron chi connectivity index (χ4n) is 2.03. The van der Waals surface area contributed by atoms with Crippen molar-refractivity contribution in [3.8, 4) is 0 Å². The molecular formula is C15H14ClNO2. The van der Waals surface area contributed by atoms with E-state index in [0.717, 1.165) is 11.1 Å². The summed E-state index contributed by atoms with van der Waals surface area (Å²) in [6.07, 6.45) is 3.75. The number of carbonyl (C=O) groups is 1. The molecule has 1 aromatic heterocycles. The summed E-state index contributed by atoms with van der Waals surface area (Å²) in [5.74, 6) is -0.862. The van der Waals surface area contributed by atoms with E-state index in [0.29, 0.717) is 11.4 Å². The van der Waals surface area contributed by atoms with Crippen LogP contribution in [0.5, 0.6) is 0 Å². The average Bonchev–Trinajstić information content (AvgIpc) is 2.40. The first-order chi connectivity index (χ1) is 9.02. The lowest BCUT2D eigenvalue weighted by Crippen LogP contribution is -2.34. The minimum atomic E-state index is -0.992. The zero-order chi connectivity index (χ0) is 13.9. The van der Waals surface area contributed by atoms with Crippen LogP contribution in [-0.4, -0.2) is 16.1 Å². The van der Waals surface area contributed by atoms with E-state index in [1.807, 2.05) is 6.07 Å². The van der Waals surface area contributed by atoms with Crippen molar-refractivity contribution in [1.29, 1.82) is 0 Å². The standard InChI is InChI=1S/C15H14ClNO2/c1-15(14(18)19,9-11-3-2-8-17-10-11)12-4-6-13(16)7-5-12/h2-8,10H,9H2,1H3,(H,18,19). The molecule has 0 amide bonds. The summed E-state index contributed by atoms with van der Waals surface area (Å²) in [5, 5.41) is 10.2. The van der Waals surface area contributed by atoms with Gasteiger partial charge in [0.15, 0.2) is 0 Å².